The molecule has 0 aliphatic heterocycles. The maximum absolute atomic E-state index is 11.7. The molecule has 7 nitrogen and oxygen atoms in total. The first-order valence-corrected chi connectivity index (χ1v) is 7.74. The minimum Gasteiger partial charge on any atom is -0.484 e. The number of benzene rings is 1. The first-order chi connectivity index (χ1) is 12.0. The third kappa shape index (κ3) is 6.88. The van der Waals surface area contributed by atoms with Gasteiger partial charge in [-0.1, -0.05) is 17.7 Å². The van der Waals surface area contributed by atoms with Crippen LogP contribution in [0.25, 0.3) is 6.08 Å². The number of nitrogens with one attached hydrogen (secondary N) is 3. The van der Waals surface area contributed by atoms with Crippen LogP contribution >= 0.6 is 12.2 Å². The van der Waals surface area contributed by atoms with Gasteiger partial charge in [0, 0.05) is 6.08 Å². The highest BCUT2D eigenvalue weighted by Crippen LogP contribution is 2.10. The molecule has 1 aromatic heterocycles. The van der Waals surface area contributed by atoms with E-state index in [1.54, 1.807) is 24.3 Å². The summed E-state index contributed by atoms with van der Waals surface area (Å²) < 4.78 is 10.4. The molecule has 0 aliphatic rings. The van der Waals surface area contributed by atoms with E-state index in [0.717, 1.165) is 5.56 Å². The number of carbonyl (C=O) groups is 2. The average molecular weight is 359 g/mol. The highest BCUT2D eigenvalue weighted by Gasteiger charge is 2.05. The van der Waals surface area contributed by atoms with Crippen molar-refractivity contribution in [3.05, 3.63) is 60.1 Å². The van der Waals surface area contributed by atoms with E-state index in [1.807, 2.05) is 19.1 Å². The third-order valence-electron chi connectivity index (χ3n) is 2.89. The van der Waals surface area contributed by atoms with Crippen LogP contribution in [0.4, 0.5) is 0 Å². The van der Waals surface area contributed by atoms with Crippen molar-refractivity contribution in [1.29, 1.82) is 0 Å². The van der Waals surface area contributed by atoms with Crippen molar-refractivity contribution in [2.45, 2.75) is 6.92 Å². The Hall–Kier alpha value is -3.13. The van der Waals surface area contributed by atoms with E-state index in [9.17, 15) is 9.59 Å². The lowest BCUT2D eigenvalue weighted by molar-refractivity contribution is -0.123. The van der Waals surface area contributed by atoms with E-state index in [0.29, 0.717) is 11.5 Å². The summed E-state index contributed by atoms with van der Waals surface area (Å²) in [5.41, 5.74) is 5.84. The van der Waals surface area contributed by atoms with Crippen LogP contribution in [0.1, 0.15) is 11.3 Å². The number of amides is 2. The van der Waals surface area contributed by atoms with Gasteiger partial charge in [-0.2, -0.15) is 0 Å². The highest BCUT2D eigenvalue weighted by molar-refractivity contribution is 7.80. The third-order valence-corrected chi connectivity index (χ3v) is 3.09. The summed E-state index contributed by atoms with van der Waals surface area (Å²) in [7, 11) is 0. The molecule has 25 heavy (non-hydrogen) atoms. The molecule has 0 atom stereocenters. The molecule has 0 aliphatic carbocycles. The summed E-state index contributed by atoms with van der Waals surface area (Å²) in [5, 5.41) is 2.33. The Morgan fingerprint density at radius 1 is 1.20 bits per heavy atom. The van der Waals surface area contributed by atoms with Crippen LogP contribution in [-0.2, 0) is 9.59 Å². The van der Waals surface area contributed by atoms with Gasteiger partial charge in [-0.15, -0.1) is 0 Å². The summed E-state index contributed by atoms with van der Waals surface area (Å²) in [5.74, 6) is 0.220. The number of hydrazine groups is 1. The van der Waals surface area contributed by atoms with Crippen LogP contribution < -0.4 is 20.9 Å². The second-order valence-electron chi connectivity index (χ2n) is 4.94. The Kier molecular flexibility index (Phi) is 6.73. The van der Waals surface area contributed by atoms with E-state index in [4.69, 9.17) is 21.4 Å². The Morgan fingerprint density at radius 3 is 2.64 bits per heavy atom. The lowest BCUT2D eigenvalue weighted by Crippen LogP contribution is -2.49. The normalized spacial score (nSPS) is 10.3. The fourth-order valence-corrected chi connectivity index (χ4v) is 1.83. The van der Waals surface area contributed by atoms with Crippen LogP contribution in [0.3, 0.4) is 0 Å². The quantitative estimate of drug-likeness (QED) is 0.428. The largest absolute Gasteiger partial charge is 0.484 e. The zero-order valence-corrected chi connectivity index (χ0v) is 14.3. The summed E-state index contributed by atoms with van der Waals surface area (Å²) >= 11 is 4.90. The van der Waals surface area contributed by atoms with Crippen molar-refractivity contribution in [2.75, 3.05) is 6.61 Å². The van der Waals surface area contributed by atoms with Gasteiger partial charge in [-0.05, 0) is 49.5 Å². The molecule has 0 radical (unpaired) electrons. The molecule has 2 aromatic rings. The van der Waals surface area contributed by atoms with E-state index in [1.165, 1.54) is 18.4 Å². The molecular weight excluding hydrogens is 342 g/mol. The predicted molar refractivity (Wildman–Crippen MR) is 96.4 cm³/mol. The second-order valence-corrected chi connectivity index (χ2v) is 5.35. The van der Waals surface area contributed by atoms with E-state index in [2.05, 4.69) is 16.2 Å². The number of hydrogen-bond donors (Lipinski definition) is 3. The standard InChI is InChI=1S/C17H17N3O4S/c1-12-4-6-14(7-5-12)24-11-16(22)19-20-17(25)18-15(21)9-8-13-3-2-10-23-13/h2-10H,11H2,1H3,(H,19,22)(H2,18,20,21,25). The lowest BCUT2D eigenvalue weighted by Gasteiger charge is -2.10. The van der Waals surface area contributed by atoms with Gasteiger partial charge in [0.25, 0.3) is 5.91 Å². The molecule has 1 aromatic carbocycles. The maximum atomic E-state index is 11.7. The van der Waals surface area contributed by atoms with Gasteiger partial charge in [0.1, 0.15) is 11.5 Å². The minimum atomic E-state index is -0.459. The van der Waals surface area contributed by atoms with Gasteiger partial charge in [-0.25, -0.2) is 0 Å². The molecular formula is C17H17N3O4S. The van der Waals surface area contributed by atoms with Crippen LogP contribution in [0.5, 0.6) is 5.75 Å². The first-order valence-electron chi connectivity index (χ1n) is 7.34. The topological polar surface area (TPSA) is 92.6 Å². The maximum Gasteiger partial charge on any atom is 0.276 e. The number of rotatable bonds is 5. The molecule has 0 unspecified atom stereocenters. The van der Waals surface area contributed by atoms with Crippen molar-refractivity contribution in [3.63, 3.8) is 0 Å². The molecule has 0 saturated heterocycles. The molecule has 0 spiro atoms. The molecule has 2 rings (SSSR count). The van der Waals surface area contributed by atoms with Crippen molar-refractivity contribution in [2.24, 2.45) is 0 Å². The van der Waals surface area contributed by atoms with Gasteiger partial charge >= 0.3 is 0 Å². The number of carbonyl (C=O) groups excluding carboxylic acids is 2. The SMILES string of the molecule is Cc1ccc(OCC(=O)NNC(=S)NC(=O)C=Cc2ccco2)cc1. The van der Waals surface area contributed by atoms with Crippen LogP contribution in [0.15, 0.2) is 53.2 Å². The Balaban J connectivity index is 1.65. The number of hydrogen-bond acceptors (Lipinski definition) is 5. The van der Waals surface area contributed by atoms with Crippen LogP contribution in [-0.4, -0.2) is 23.5 Å². The van der Waals surface area contributed by atoms with Crippen molar-refractivity contribution >= 4 is 35.2 Å². The van der Waals surface area contributed by atoms with Gasteiger partial charge in [-0.3, -0.25) is 25.8 Å². The molecule has 0 saturated carbocycles. The first kappa shape index (κ1) is 18.2. The smallest absolute Gasteiger partial charge is 0.276 e. The summed E-state index contributed by atoms with van der Waals surface area (Å²) in [6, 6.07) is 10.7. The molecule has 2 amide bonds. The zero-order chi connectivity index (χ0) is 18.1. The zero-order valence-electron chi connectivity index (χ0n) is 13.4. The van der Waals surface area contributed by atoms with Crippen LogP contribution in [0.2, 0.25) is 0 Å². The minimum absolute atomic E-state index is 0.0437. The average Bonchev–Trinajstić information content (AvgIpc) is 3.11. The fourth-order valence-electron chi connectivity index (χ4n) is 1.67. The summed E-state index contributed by atoms with van der Waals surface area (Å²) in [4.78, 5) is 23.3. The Morgan fingerprint density at radius 2 is 1.96 bits per heavy atom. The van der Waals surface area contributed by atoms with Gasteiger partial charge in [0.2, 0.25) is 5.91 Å². The lowest BCUT2D eigenvalue weighted by atomic mass is 10.2. The fraction of sp³-hybridized carbons (Fsp3) is 0.118. The number of furan rings is 1. The predicted octanol–water partition coefficient (Wildman–Crippen LogP) is 1.70. The van der Waals surface area contributed by atoms with Gasteiger partial charge in [0.05, 0.1) is 6.26 Å². The van der Waals surface area contributed by atoms with Crippen LogP contribution in [0, 0.1) is 6.92 Å². The molecule has 0 bridgehead atoms. The molecule has 0 fully saturated rings. The second kappa shape index (κ2) is 9.24. The Labute approximate surface area is 150 Å². The summed E-state index contributed by atoms with van der Waals surface area (Å²) in [6.45, 7) is 1.77. The van der Waals surface area contributed by atoms with Crippen molar-refractivity contribution in [1.82, 2.24) is 16.2 Å². The number of ether oxygens (including phenoxy) is 1. The number of thiocarbonyl (C=S) groups is 1. The Bertz CT molecular complexity index is 755. The molecule has 8 heteroatoms. The molecule has 1 heterocycles. The van der Waals surface area contributed by atoms with E-state index in [-0.39, 0.29) is 11.7 Å². The number of aryl methyl sites for hydroxylation is 1. The molecule has 3 N–H and O–H groups in total. The molecule has 130 valence electrons. The van der Waals surface area contributed by atoms with Crippen molar-refractivity contribution in [3.8, 4) is 5.75 Å². The highest BCUT2D eigenvalue weighted by atomic mass is 32.1. The monoisotopic (exact) mass is 359 g/mol. The van der Waals surface area contributed by atoms with Crippen molar-refractivity contribution < 1.29 is 18.7 Å². The van der Waals surface area contributed by atoms with Gasteiger partial charge < -0.3 is 9.15 Å². The van der Waals surface area contributed by atoms with Gasteiger partial charge in [0.15, 0.2) is 11.7 Å². The van der Waals surface area contributed by atoms with E-state index < -0.39 is 11.8 Å². The van der Waals surface area contributed by atoms with E-state index >= 15 is 0 Å². The summed E-state index contributed by atoms with van der Waals surface area (Å²) in [6.07, 6.45) is 4.25.